The first kappa shape index (κ1) is 11.5. The van der Waals surface area contributed by atoms with Crippen molar-refractivity contribution in [1.82, 2.24) is 19.9 Å². The lowest BCUT2D eigenvalue weighted by atomic mass is 10.1. The second-order valence-electron chi connectivity index (χ2n) is 5.31. The van der Waals surface area contributed by atoms with Crippen molar-refractivity contribution in [3.63, 3.8) is 0 Å². The maximum absolute atomic E-state index is 4.65. The predicted molar refractivity (Wildman–Crippen MR) is 87.6 cm³/mol. The smallest absolute Gasteiger partial charge is 0.159 e. The van der Waals surface area contributed by atoms with Crippen LogP contribution in [0.3, 0.4) is 0 Å². The van der Waals surface area contributed by atoms with Gasteiger partial charge in [-0.1, -0.05) is 0 Å². The van der Waals surface area contributed by atoms with E-state index in [4.69, 9.17) is 0 Å². The molecule has 4 aromatic heterocycles. The van der Waals surface area contributed by atoms with Crippen LogP contribution in [-0.2, 0) is 0 Å². The monoisotopic (exact) mass is 282 g/mol. The third-order valence-electron chi connectivity index (χ3n) is 3.88. The second kappa shape index (κ2) is 4.18. The Hall–Kier alpha value is -3.14. The van der Waals surface area contributed by atoms with Crippen LogP contribution in [0.15, 0.2) is 60.9 Å². The summed E-state index contributed by atoms with van der Waals surface area (Å²) in [5, 5.41) is 4.20. The van der Waals surface area contributed by atoms with E-state index < -0.39 is 0 Å². The average Bonchev–Trinajstić information content (AvgIpc) is 2.56. The van der Waals surface area contributed by atoms with Gasteiger partial charge in [-0.05, 0) is 48.5 Å². The van der Waals surface area contributed by atoms with Crippen LogP contribution in [0.4, 0.5) is 0 Å². The highest BCUT2D eigenvalue weighted by Gasteiger charge is 2.05. The van der Waals surface area contributed by atoms with E-state index in [2.05, 4.69) is 44.2 Å². The maximum Gasteiger partial charge on any atom is 0.159 e. The van der Waals surface area contributed by atoms with Gasteiger partial charge < -0.3 is 0 Å². The van der Waals surface area contributed by atoms with E-state index >= 15 is 0 Å². The van der Waals surface area contributed by atoms with Crippen molar-refractivity contribution in [1.29, 1.82) is 0 Å². The van der Waals surface area contributed by atoms with Crippen LogP contribution in [0.2, 0.25) is 0 Å². The number of fused-ring (bicyclic) bond motifs is 4. The molecule has 0 spiro atoms. The summed E-state index contributed by atoms with van der Waals surface area (Å²) in [5.41, 5.74) is 3.40. The van der Waals surface area contributed by atoms with Crippen molar-refractivity contribution in [2.75, 3.05) is 0 Å². The Kier molecular flexibility index (Phi) is 2.19. The molecule has 0 aliphatic rings. The summed E-state index contributed by atoms with van der Waals surface area (Å²) in [6.07, 6.45) is 3.53. The lowest BCUT2D eigenvalue weighted by Crippen LogP contribution is -1.89. The van der Waals surface area contributed by atoms with E-state index in [0.29, 0.717) is 0 Å². The minimum Gasteiger partial charge on any atom is -0.237 e. The Morgan fingerprint density at radius 3 is 1.55 bits per heavy atom. The van der Waals surface area contributed by atoms with Gasteiger partial charge >= 0.3 is 0 Å². The fourth-order valence-electron chi connectivity index (χ4n) is 2.83. The quantitative estimate of drug-likeness (QED) is 0.404. The molecule has 0 radical (unpaired) electrons. The molecule has 0 saturated heterocycles. The zero-order valence-corrected chi connectivity index (χ0v) is 11.6. The van der Waals surface area contributed by atoms with E-state index in [1.807, 2.05) is 24.3 Å². The van der Waals surface area contributed by atoms with Crippen LogP contribution in [0.1, 0.15) is 0 Å². The molecule has 22 heavy (non-hydrogen) atoms. The Morgan fingerprint density at radius 1 is 0.545 bits per heavy atom. The molecule has 0 atom stereocenters. The predicted octanol–water partition coefficient (Wildman–Crippen LogP) is 3.88. The molecule has 5 aromatic rings. The SMILES string of the molecule is c1cnc2nc3cc4cc5cccnc5nc4cc3cc2c1. The molecule has 0 amide bonds. The first-order chi connectivity index (χ1) is 10.9. The summed E-state index contributed by atoms with van der Waals surface area (Å²) in [6, 6.07) is 16.2. The lowest BCUT2D eigenvalue weighted by molar-refractivity contribution is 1.32. The summed E-state index contributed by atoms with van der Waals surface area (Å²) in [6.45, 7) is 0. The summed E-state index contributed by atoms with van der Waals surface area (Å²) in [4.78, 5) is 18.0. The molecule has 0 N–H and O–H groups in total. The van der Waals surface area contributed by atoms with Gasteiger partial charge in [0.05, 0.1) is 11.0 Å². The molecule has 0 unspecified atom stereocenters. The van der Waals surface area contributed by atoms with Crippen molar-refractivity contribution in [3.05, 3.63) is 60.9 Å². The zero-order chi connectivity index (χ0) is 14.5. The van der Waals surface area contributed by atoms with Gasteiger partial charge in [-0.15, -0.1) is 0 Å². The fourth-order valence-corrected chi connectivity index (χ4v) is 2.83. The van der Waals surface area contributed by atoms with E-state index in [0.717, 1.165) is 43.9 Å². The Bertz CT molecular complexity index is 997. The molecule has 4 heteroatoms. The lowest BCUT2D eigenvalue weighted by Gasteiger charge is -2.04. The van der Waals surface area contributed by atoms with E-state index in [1.165, 1.54) is 0 Å². The Labute approximate surface area is 125 Å². The Balaban J connectivity index is 1.93. The van der Waals surface area contributed by atoms with Crippen molar-refractivity contribution >= 4 is 43.9 Å². The van der Waals surface area contributed by atoms with Crippen molar-refractivity contribution in [2.45, 2.75) is 0 Å². The molecule has 0 fully saturated rings. The third kappa shape index (κ3) is 1.64. The van der Waals surface area contributed by atoms with Crippen molar-refractivity contribution in [3.8, 4) is 0 Å². The van der Waals surface area contributed by atoms with Gasteiger partial charge in [-0.3, -0.25) is 0 Å². The van der Waals surface area contributed by atoms with Gasteiger partial charge in [0.25, 0.3) is 0 Å². The zero-order valence-electron chi connectivity index (χ0n) is 11.6. The molecular weight excluding hydrogens is 272 g/mol. The number of benzene rings is 1. The second-order valence-corrected chi connectivity index (χ2v) is 5.31. The standard InChI is InChI=1S/C18H10N4/c1-3-11-7-13-9-16-14(10-15(13)21-17(11)19-5-1)8-12-4-2-6-20-18(12)22-16/h1-10H. The van der Waals surface area contributed by atoms with Gasteiger partial charge in [-0.2, -0.15) is 0 Å². The summed E-state index contributed by atoms with van der Waals surface area (Å²) in [5.74, 6) is 0. The number of pyridine rings is 4. The highest BCUT2D eigenvalue weighted by atomic mass is 14.8. The average molecular weight is 282 g/mol. The molecule has 0 saturated carbocycles. The van der Waals surface area contributed by atoms with E-state index in [9.17, 15) is 0 Å². The molecule has 0 aliphatic heterocycles. The minimum absolute atomic E-state index is 0.768. The van der Waals surface area contributed by atoms with Gasteiger partial charge in [0.15, 0.2) is 11.3 Å². The molecule has 5 rings (SSSR count). The van der Waals surface area contributed by atoms with Crippen LogP contribution >= 0.6 is 0 Å². The summed E-state index contributed by atoms with van der Waals surface area (Å²) >= 11 is 0. The number of nitrogens with zero attached hydrogens (tertiary/aromatic N) is 4. The van der Waals surface area contributed by atoms with Crippen LogP contribution in [0, 0.1) is 0 Å². The minimum atomic E-state index is 0.768. The van der Waals surface area contributed by atoms with E-state index in [-0.39, 0.29) is 0 Å². The maximum atomic E-state index is 4.65. The van der Waals surface area contributed by atoms with Crippen LogP contribution < -0.4 is 0 Å². The van der Waals surface area contributed by atoms with E-state index in [1.54, 1.807) is 12.4 Å². The van der Waals surface area contributed by atoms with Crippen molar-refractivity contribution < 1.29 is 0 Å². The first-order valence-electron chi connectivity index (χ1n) is 7.08. The first-order valence-corrected chi connectivity index (χ1v) is 7.08. The number of hydrogen-bond donors (Lipinski definition) is 0. The van der Waals surface area contributed by atoms with Crippen LogP contribution in [0.5, 0.6) is 0 Å². The topological polar surface area (TPSA) is 51.6 Å². The van der Waals surface area contributed by atoms with Gasteiger partial charge in [0.1, 0.15) is 0 Å². The summed E-state index contributed by atoms with van der Waals surface area (Å²) in [7, 11) is 0. The van der Waals surface area contributed by atoms with Gasteiger partial charge in [0.2, 0.25) is 0 Å². The third-order valence-corrected chi connectivity index (χ3v) is 3.88. The van der Waals surface area contributed by atoms with Gasteiger partial charge in [0, 0.05) is 33.9 Å². The number of hydrogen-bond acceptors (Lipinski definition) is 4. The normalized spacial score (nSPS) is 11.6. The molecule has 0 aliphatic carbocycles. The number of rotatable bonds is 0. The summed E-state index contributed by atoms with van der Waals surface area (Å²) < 4.78 is 0. The van der Waals surface area contributed by atoms with Crippen LogP contribution in [0.25, 0.3) is 43.9 Å². The van der Waals surface area contributed by atoms with Gasteiger partial charge in [-0.25, -0.2) is 19.9 Å². The largest absolute Gasteiger partial charge is 0.237 e. The van der Waals surface area contributed by atoms with Crippen LogP contribution in [-0.4, -0.2) is 19.9 Å². The Morgan fingerprint density at radius 2 is 1.05 bits per heavy atom. The molecule has 1 aromatic carbocycles. The highest BCUT2D eigenvalue weighted by Crippen LogP contribution is 2.25. The molecule has 4 heterocycles. The number of aromatic nitrogens is 4. The molecule has 102 valence electrons. The van der Waals surface area contributed by atoms with Crippen molar-refractivity contribution in [2.24, 2.45) is 0 Å². The fraction of sp³-hybridized carbons (Fsp3) is 0. The molecule has 4 nitrogen and oxygen atoms in total. The highest BCUT2D eigenvalue weighted by molar-refractivity contribution is 6.01. The molecular formula is C18H10N4. The molecule has 0 bridgehead atoms.